The van der Waals surface area contributed by atoms with Gasteiger partial charge in [0.05, 0.1) is 12.0 Å². The van der Waals surface area contributed by atoms with Crippen molar-refractivity contribution in [1.29, 1.82) is 0 Å². The number of esters is 1. The quantitative estimate of drug-likeness (QED) is 0.478. The van der Waals surface area contributed by atoms with Crippen LogP contribution in [0, 0.1) is 10.1 Å². The fourth-order valence-electron chi connectivity index (χ4n) is 0.993. The van der Waals surface area contributed by atoms with E-state index in [9.17, 15) is 14.9 Å². The molecule has 0 N–H and O–H groups in total. The van der Waals surface area contributed by atoms with E-state index in [-0.39, 0.29) is 10.6 Å². The third-order valence-electron chi connectivity index (χ3n) is 1.66. The molecule has 15 heavy (non-hydrogen) atoms. The predicted molar refractivity (Wildman–Crippen MR) is 57.1 cm³/mol. The molecule has 5 nitrogen and oxygen atoms in total. The number of benzene rings is 1. The van der Waals surface area contributed by atoms with E-state index >= 15 is 0 Å². The van der Waals surface area contributed by atoms with Crippen LogP contribution < -0.4 is 0 Å². The molecule has 0 amide bonds. The van der Waals surface area contributed by atoms with Gasteiger partial charge in [0, 0.05) is 4.47 Å². The normalized spacial score (nSPS) is 9.80. The zero-order chi connectivity index (χ0) is 11.6. The molecule has 0 fully saturated rings. The zero-order valence-electron chi connectivity index (χ0n) is 7.49. The van der Waals surface area contributed by atoms with Crippen LogP contribution in [-0.4, -0.2) is 18.0 Å². The summed E-state index contributed by atoms with van der Waals surface area (Å²) < 4.78 is 4.76. The van der Waals surface area contributed by atoms with Crippen LogP contribution in [0.5, 0.6) is 0 Å². The molecule has 0 aliphatic rings. The average molecular weight is 294 g/mol. The Labute approximate surface area is 98.3 Å². The summed E-state index contributed by atoms with van der Waals surface area (Å²) in [5, 5.41) is 10.6. The van der Waals surface area contributed by atoms with Gasteiger partial charge in [-0.1, -0.05) is 11.6 Å². The van der Waals surface area contributed by atoms with E-state index in [2.05, 4.69) is 20.7 Å². The number of hydrogen-bond acceptors (Lipinski definition) is 4. The van der Waals surface area contributed by atoms with Crippen LogP contribution >= 0.6 is 27.5 Å². The van der Waals surface area contributed by atoms with Crippen molar-refractivity contribution in [2.75, 3.05) is 7.11 Å². The van der Waals surface area contributed by atoms with Gasteiger partial charge in [-0.3, -0.25) is 10.1 Å². The zero-order valence-corrected chi connectivity index (χ0v) is 9.83. The fraction of sp³-hybridized carbons (Fsp3) is 0.125. The molecule has 0 bridgehead atoms. The van der Waals surface area contributed by atoms with Gasteiger partial charge < -0.3 is 4.74 Å². The van der Waals surface area contributed by atoms with Crippen LogP contribution in [0.3, 0.4) is 0 Å². The number of hydrogen-bond donors (Lipinski definition) is 0. The lowest BCUT2D eigenvalue weighted by molar-refractivity contribution is -0.385. The van der Waals surface area contributed by atoms with E-state index < -0.39 is 16.6 Å². The molecule has 0 radical (unpaired) electrons. The van der Waals surface area contributed by atoms with Crippen molar-refractivity contribution in [1.82, 2.24) is 0 Å². The molecule has 0 unspecified atom stereocenters. The fourth-order valence-corrected chi connectivity index (χ4v) is 1.55. The molecule has 0 saturated carbocycles. The molecule has 0 heterocycles. The first-order valence-corrected chi connectivity index (χ1v) is 4.86. The van der Waals surface area contributed by atoms with Crippen molar-refractivity contribution in [3.05, 3.63) is 37.3 Å². The second-order valence-electron chi connectivity index (χ2n) is 2.51. The molecule has 0 aliphatic carbocycles. The second kappa shape index (κ2) is 4.59. The first-order chi connectivity index (χ1) is 6.99. The van der Waals surface area contributed by atoms with Gasteiger partial charge in [0.15, 0.2) is 0 Å². The Morgan fingerprint density at radius 2 is 2.20 bits per heavy atom. The van der Waals surface area contributed by atoms with E-state index in [0.29, 0.717) is 4.47 Å². The smallest absolute Gasteiger partial charge is 0.344 e. The van der Waals surface area contributed by atoms with E-state index in [1.54, 1.807) is 0 Å². The van der Waals surface area contributed by atoms with Gasteiger partial charge >= 0.3 is 11.7 Å². The monoisotopic (exact) mass is 293 g/mol. The summed E-state index contributed by atoms with van der Waals surface area (Å²) in [6, 6.07) is 2.72. The molecule has 1 rings (SSSR count). The second-order valence-corrected chi connectivity index (χ2v) is 3.74. The van der Waals surface area contributed by atoms with Gasteiger partial charge in [-0.25, -0.2) is 4.79 Å². The molecular weight excluding hydrogens is 289 g/mol. The topological polar surface area (TPSA) is 69.4 Å². The maximum Gasteiger partial charge on any atom is 0.344 e. The number of methoxy groups -OCH3 is 1. The van der Waals surface area contributed by atoms with Crippen molar-refractivity contribution < 1.29 is 14.5 Å². The Bertz CT molecular complexity index is 435. The van der Waals surface area contributed by atoms with E-state index in [4.69, 9.17) is 11.6 Å². The van der Waals surface area contributed by atoms with Crippen molar-refractivity contribution in [3.8, 4) is 0 Å². The van der Waals surface area contributed by atoms with Crippen LogP contribution in [-0.2, 0) is 4.74 Å². The third kappa shape index (κ3) is 2.27. The van der Waals surface area contributed by atoms with Crippen molar-refractivity contribution in [2.24, 2.45) is 0 Å². The summed E-state index contributed by atoms with van der Waals surface area (Å²) in [6.45, 7) is 0. The third-order valence-corrected chi connectivity index (χ3v) is 2.93. The van der Waals surface area contributed by atoms with Gasteiger partial charge in [0.2, 0.25) is 0 Å². The minimum Gasteiger partial charge on any atom is -0.465 e. The number of nitrogens with zero attached hydrogens (tertiary/aromatic N) is 1. The lowest BCUT2D eigenvalue weighted by Crippen LogP contribution is -2.06. The Morgan fingerprint density at radius 1 is 1.60 bits per heavy atom. The van der Waals surface area contributed by atoms with Gasteiger partial charge in [-0.2, -0.15) is 0 Å². The summed E-state index contributed by atoms with van der Waals surface area (Å²) in [4.78, 5) is 21.2. The van der Waals surface area contributed by atoms with Gasteiger partial charge in [-0.15, -0.1) is 0 Å². The minimum atomic E-state index is -0.795. The summed E-state index contributed by atoms with van der Waals surface area (Å²) in [7, 11) is 1.14. The maximum atomic E-state index is 11.2. The molecular formula is C8H5BrClNO4. The molecule has 7 heteroatoms. The Kier molecular flexibility index (Phi) is 3.65. The summed E-state index contributed by atoms with van der Waals surface area (Å²) in [5.74, 6) is -0.795. The number of halogens is 2. The highest BCUT2D eigenvalue weighted by atomic mass is 79.9. The predicted octanol–water partition coefficient (Wildman–Crippen LogP) is 2.80. The highest BCUT2D eigenvalue weighted by Gasteiger charge is 2.26. The summed E-state index contributed by atoms with van der Waals surface area (Å²) >= 11 is 8.73. The minimum absolute atomic E-state index is 0.122. The Hall–Kier alpha value is -1.14. The van der Waals surface area contributed by atoms with Crippen LogP contribution in [0.25, 0.3) is 0 Å². The number of nitro benzene ring substituents is 1. The van der Waals surface area contributed by atoms with E-state index in [1.165, 1.54) is 12.1 Å². The lowest BCUT2D eigenvalue weighted by atomic mass is 10.2. The highest BCUT2D eigenvalue weighted by molar-refractivity contribution is 9.10. The summed E-state index contributed by atoms with van der Waals surface area (Å²) in [5.41, 5.74) is -0.631. The first kappa shape index (κ1) is 11.9. The van der Waals surface area contributed by atoms with Gasteiger partial charge in [0.1, 0.15) is 10.6 Å². The van der Waals surface area contributed by atoms with E-state index in [1.807, 2.05) is 0 Å². The number of carbonyl (C=O) groups excluding carboxylic acids is 1. The summed E-state index contributed by atoms with van der Waals surface area (Å²) in [6.07, 6.45) is 0. The largest absolute Gasteiger partial charge is 0.465 e. The molecule has 0 aliphatic heterocycles. The SMILES string of the molecule is COC(=O)c1ccc(Br)c(Cl)c1[N+](=O)[O-]. The number of ether oxygens (including phenoxy) is 1. The van der Waals surface area contributed by atoms with Crippen LogP contribution in [0.1, 0.15) is 10.4 Å². The highest BCUT2D eigenvalue weighted by Crippen LogP contribution is 2.35. The first-order valence-electron chi connectivity index (χ1n) is 3.69. The van der Waals surface area contributed by atoms with Crippen LogP contribution in [0.15, 0.2) is 16.6 Å². The molecule has 80 valence electrons. The van der Waals surface area contributed by atoms with Crippen molar-refractivity contribution >= 4 is 39.2 Å². The standard InChI is InChI=1S/C8H5BrClNO4/c1-15-8(12)4-2-3-5(9)6(10)7(4)11(13)14/h2-3H,1H3. The van der Waals surface area contributed by atoms with Crippen molar-refractivity contribution in [3.63, 3.8) is 0 Å². The molecule has 1 aromatic rings. The molecule has 0 aromatic heterocycles. The maximum absolute atomic E-state index is 11.2. The number of rotatable bonds is 2. The van der Waals surface area contributed by atoms with Gasteiger partial charge in [-0.05, 0) is 28.1 Å². The Balaban J connectivity index is 3.46. The number of nitro groups is 1. The van der Waals surface area contributed by atoms with Gasteiger partial charge in [0.25, 0.3) is 0 Å². The average Bonchev–Trinajstić information content (AvgIpc) is 2.20. The molecule has 0 atom stereocenters. The molecule has 0 spiro atoms. The molecule has 0 saturated heterocycles. The molecule has 1 aromatic carbocycles. The lowest BCUT2D eigenvalue weighted by Gasteiger charge is -2.03. The number of carbonyl (C=O) groups is 1. The van der Waals surface area contributed by atoms with Crippen LogP contribution in [0.2, 0.25) is 5.02 Å². The van der Waals surface area contributed by atoms with Crippen LogP contribution in [0.4, 0.5) is 5.69 Å². The Morgan fingerprint density at radius 3 is 2.67 bits per heavy atom. The van der Waals surface area contributed by atoms with E-state index in [0.717, 1.165) is 7.11 Å². The van der Waals surface area contributed by atoms with Crippen molar-refractivity contribution in [2.45, 2.75) is 0 Å².